The molecule has 0 N–H and O–H groups in total. The number of pyridine rings is 2. The average Bonchev–Trinajstić information content (AvgIpc) is 3.57. The SMILES string of the molecule is Fc1cnn(C[C@@H](c2ccc(-c3c(C(F)F)ccc(Cl)c3F)cn2)n2cc(-c3ccnc(C(F)(F)F)c3)cn2)c1. The Balaban J connectivity index is 1.53. The molecule has 0 saturated carbocycles. The zero-order valence-corrected chi connectivity index (χ0v) is 20.8. The van der Waals surface area contributed by atoms with Crippen LogP contribution in [-0.2, 0) is 12.7 Å². The van der Waals surface area contributed by atoms with Gasteiger partial charge in [0.2, 0.25) is 0 Å². The maximum Gasteiger partial charge on any atom is 0.433 e. The van der Waals surface area contributed by atoms with Crippen LogP contribution in [0.25, 0.3) is 22.3 Å². The standard InChI is InChI=1S/C26H16ClF7N6/c27-19-3-2-18(25(30)31)23(24(19)29)15-1-4-20(36-8-15)21(13-39-12-17(28)10-37-39)40-11-16(9-38-40)14-5-6-35-22(7-14)26(32,33)34/h1-12,21,25H,13H2/t21-/m0/s1. The second-order valence-corrected chi connectivity index (χ2v) is 9.04. The number of benzene rings is 1. The topological polar surface area (TPSA) is 61.4 Å². The van der Waals surface area contributed by atoms with Gasteiger partial charge in [0.15, 0.2) is 5.82 Å². The van der Waals surface area contributed by atoms with Crippen LogP contribution in [0.1, 0.15) is 29.4 Å². The van der Waals surface area contributed by atoms with Gasteiger partial charge in [-0.3, -0.25) is 19.3 Å². The summed E-state index contributed by atoms with van der Waals surface area (Å²) in [5.41, 5.74) is -1.14. The Morgan fingerprint density at radius 3 is 2.30 bits per heavy atom. The smallest absolute Gasteiger partial charge is 0.267 e. The van der Waals surface area contributed by atoms with E-state index in [0.29, 0.717) is 11.3 Å². The third-order valence-electron chi connectivity index (χ3n) is 6.04. The van der Waals surface area contributed by atoms with Crippen LogP contribution in [0, 0.1) is 11.6 Å². The van der Waals surface area contributed by atoms with Gasteiger partial charge in [0.1, 0.15) is 17.6 Å². The molecule has 0 spiro atoms. The van der Waals surface area contributed by atoms with E-state index < -0.39 is 47.1 Å². The molecule has 0 unspecified atom stereocenters. The molecule has 0 radical (unpaired) electrons. The van der Waals surface area contributed by atoms with E-state index in [1.165, 1.54) is 46.2 Å². The molecular weight excluding hydrogens is 565 g/mol. The van der Waals surface area contributed by atoms with E-state index in [1.54, 1.807) is 0 Å². The Hall–Kier alpha value is -4.26. The first kappa shape index (κ1) is 27.3. The van der Waals surface area contributed by atoms with Gasteiger partial charge in [0.05, 0.1) is 35.9 Å². The third kappa shape index (κ3) is 5.55. The molecule has 1 aromatic carbocycles. The first-order valence-electron chi connectivity index (χ1n) is 11.5. The Labute approximate surface area is 226 Å². The van der Waals surface area contributed by atoms with Gasteiger partial charge in [-0.05, 0) is 29.8 Å². The van der Waals surface area contributed by atoms with Gasteiger partial charge in [-0.25, -0.2) is 17.6 Å². The second kappa shape index (κ2) is 10.7. The van der Waals surface area contributed by atoms with Gasteiger partial charge in [-0.2, -0.15) is 23.4 Å². The molecule has 0 bridgehead atoms. The summed E-state index contributed by atoms with van der Waals surface area (Å²) < 4.78 is 97.7. The molecule has 4 aromatic heterocycles. The second-order valence-electron chi connectivity index (χ2n) is 8.63. The Kier molecular flexibility index (Phi) is 7.32. The number of halogens is 8. The molecular formula is C26H16ClF7N6. The summed E-state index contributed by atoms with van der Waals surface area (Å²) in [5.74, 6) is -1.62. The molecule has 0 aliphatic rings. The summed E-state index contributed by atoms with van der Waals surface area (Å²) in [4.78, 5) is 7.68. The lowest BCUT2D eigenvalue weighted by atomic mass is 9.99. The minimum Gasteiger partial charge on any atom is -0.267 e. The van der Waals surface area contributed by atoms with E-state index in [9.17, 15) is 30.7 Å². The van der Waals surface area contributed by atoms with E-state index >= 15 is 0 Å². The molecule has 0 aliphatic carbocycles. The number of alkyl halides is 5. The maximum atomic E-state index is 14.8. The Bertz CT molecular complexity index is 1650. The molecule has 206 valence electrons. The first-order chi connectivity index (χ1) is 19.0. The molecule has 40 heavy (non-hydrogen) atoms. The highest BCUT2D eigenvalue weighted by molar-refractivity contribution is 6.31. The number of hydrogen-bond donors (Lipinski definition) is 0. The van der Waals surface area contributed by atoms with Crippen LogP contribution in [0.15, 0.2) is 73.6 Å². The molecule has 1 atom stereocenters. The van der Waals surface area contributed by atoms with Crippen molar-refractivity contribution in [1.82, 2.24) is 29.5 Å². The quantitative estimate of drug-likeness (QED) is 0.188. The van der Waals surface area contributed by atoms with Crippen molar-refractivity contribution in [3.63, 3.8) is 0 Å². The highest BCUT2D eigenvalue weighted by Crippen LogP contribution is 2.37. The fourth-order valence-electron chi connectivity index (χ4n) is 4.14. The van der Waals surface area contributed by atoms with Crippen LogP contribution in [0.3, 0.4) is 0 Å². The van der Waals surface area contributed by atoms with E-state index in [0.717, 1.165) is 36.8 Å². The Morgan fingerprint density at radius 2 is 1.65 bits per heavy atom. The van der Waals surface area contributed by atoms with Crippen LogP contribution >= 0.6 is 11.6 Å². The van der Waals surface area contributed by atoms with Crippen molar-refractivity contribution in [2.45, 2.75) is 25.2 Å². The van der Waals surface area contributed by atoms with E-state index in [1.807, 2.05) is 0 Å². The average molecular weight is 581 g/mol. The summed E-state index contributed by atoms with van der Waals surface area (Å²) in [7, 11) is 0. The number of hydrogen-bond acceptors (Lipinski definition) is 4. The fourth-order valence-corrected chi connectivity index (χ4v) is 4.30. The summed E-state index contributed by atoms with van der Waals surface area (Å²) in [6.07, 6.45) is -0.462. The third-order valence-corrected chi connectivity index (χ3v) is 6.34. The van der Waals surface area contributed by atoms with Crippen LogP contribution in [-0.4, -0.2) is 29.5 Å². The summed E-state index contributed by atoms with van der Waals surface area (Å²) in [6.45, 7) is -0.00462. The highest BCUT2D eigenvalue weighted by Gasteiger charge is 2.32. The molecule has 0 fully saturated rings. The van der Waals surface area contributed by atoms with E-state index in [4.69, 9.17) is 11.6 Å². The van der Waals surface area contributed by atoms with Crippen molar-refractivity contribution in [2.75, 3.05) is 0 Å². The van der Waals surface area contributed by atoms with Crippen LogP contribution in [0.4, 0.5) is 30.7 Å². The molecule has 5 rings (SSSR count). The fraction of sp³-hybridized carbons (Fsp3) is 0.154. The zero-order chi connectivity index (χ0) is 28.6. The van der Waals surface area contributed by atoms with Crippen molar-refractivity contribution in [3.8, 4) is 22.3 Å². The predicted octanol–water partition coefficient (Wildman–Crippen LogP) is 7.38. The monoisotopic (exact) mass is 580 g/mol. The van der Waals surface area contributed by atoms with Gasteiger partial charge < -0.3 is 0 Å². The van der Waals surface area contributed by atoms with Crippen molar-refractivity contribution < 1.29 is 30.7 Å². The normalized spacial score (nSPS) is 12.7. The lowest BCUT2D eigenvalue weighted by Gasteiger charge is -2.18. The highest BCUT2D eigenvalue weighted by atomic mass is 35.5. The zero-order valence-electron chi connectivity index (χ0n) is 20.0. The predicted molar refractivity (Wildman–Crippen MR) is 130 cm³/mol. The first-order valence-corrected chi connectivity index (χ1v) is 11.9. The van der Waals surface area contributed by atoms with Crippen molar-refractivity contribution >= 4 is 11.6 Å². The maximum absolute atomic E-state index is 14.8. The number of aromatic nitrogens is 6. The minimum absolute atomic E-state index is 0.00462. The summed E-state index contributed by atoms with van der Waals surface area (Å²) in [5, 5.41) is 7.85. The van der Waals surface area contributed by atoms with Crippen molar-refractivity contribution in [3.05, 3.63) is 107 Å². The van der Waals surface area contributed by atoms with Crippen molar-refractivity contribution in [2.24, 2.45) is 0 Å². The van der Waals surface area contributed by atoms with E-state index in [-0.39, 0.29) is 22.7 Å². The minimum atomic E-state index is -4.64. The van der Waals surface area contributed by atoms with Gasteiger partial charge >= 0.3 is 6.18 Å². The van der Waals surface area contributed by atoms with Gasteiger partial charge in [0.25, 0.3) is 6.43 Å². The lowest BCUT2D eigenvalue weighted by molar-refractivity contribution is -0.141. The molecule has 4 heterocycles. The largest absolute Gasteiger partial charge is 0.433 e. The van der Waals surface area contributed by atoms with Crippen LogP contribution in [0.2, 0.25) is 5.02 Å². The molecule has 0 saturated heterocycles. The molecule has 0 amide bonds. The molecule has 6 nitrogen and oxygen atoms in total. The van der Waals surface area contributed by atoms with Gasteiger partial charge in [-0.1, -0.05) is 23.7 Å². The number of rotatable bonds is 7. The van der Waals surface area contributed by atoms with Crippen molar-refractivity contribution in [1.29, 1.82) is 0 Å². The molecule has 14 heteroatoms. The number of nitrogens with zero attached hydrogens (tertiary/aromatic N) is 6. The molecule has 0 aliphatic heterocycles. The summed E-state index contributed by atoms with van der Waals surface area (Å²) >= 11 is 5.82. The van der Waals surface area contributed by atoms with E-state index in [2.05, 4.69) is 20.2 Å². The Morgan fingerprint density at radius 1 is 0.850 bits per heavy atom. The van der Waals surface area contributed by atoms with Crippen LogP contribution < -0.4 is 0 Å². The summed E-state index contributed by atoms with van der Waals surface area (Å²) in [6, 6.07) is 6.40. The van der Waals surface area contributed by atoms with Gasteiger partial charge in [-0.15, -0.1) is 0 Å². The van der Waals surface area contributed by atoms with Gasteiger partial charge in [0, 0.05) is 40.8 Å². The lowest BCUT2D eigenvalue weighted by Crippen LogP contribution is -2.19. The van der Waals surface area contributed by atoms with Crippen LogP contribution in [0.5, 0.6) is 0 Å². The molecule has 5 aromatic rings.